The van der Waals surface area contributed by atoms with Crippen LogP contribution in [-0.4, -0.2) is 0 Å². The molecule has 238 valence electrons. The highest BCUT2D eigenvalue weighted by atomic mass is 16.3. The molecule has 0 atom stereocenters. The number of aryl methyl sites for hydroxylation is 2. The Morgan fingerprint density at radius 2 is 0.960 bits per heavy atom. The van der Waals surface area contributed by atoms with Gasteiger partial charge in [-0.1, -0.05) is 127 Å². The zero-order valence-electron chi connectivity index (χ0n) is 28.1. The number of hydrogen-bond acceptors (Lipinski definition) is 2. The first-order chi connectivity index (χ1) is 24.6. The number of nitrogens with zero attached hydrogens (tertiary/aromatic N) is 1. The van der Waals surface area contributed by atoms with Gasteiger partial charge in [0, 0.05) is 27.5 Å². The fourth-order valence-electron chi connectivity index (χ4n) is 7.31. The number of anilines is 3. The fourth-order valence-corrected chi connectivity index (χ4v) is 7.31. The van der Waals surface area contributed by atoms with Crippen molar-refractivity contribution >= 4 is 49.8 Å². The van der Waals surface area contributed by atoms with Crippen molar-refractivity contribution < 1.29 is 4.42 Å². The van der Waals surface area contributed by atoms with E-state index in [0.717, 1.165) is 39.0 Å². The molecule has 50 heavy (non-hydrogen) atoms. The quantitative estimate of drug-likeness (QED) is 0.180. The maximum Gasteiger partial charge on any atom is 0.135 e. The minimum atomic E-state index is 0.892. The minimum absolute atomic E-state index is 0.892. The first kappa shape index (κ1) is 29.7. The summed E-state index contributed by atoms with van der Waals surface area (Å²) >= 11 is 0. The van der Waals surface area contributed by atoms with Crippen LogP contribution in [0.25, 0.3) is 66.1 Å². The molecule has 2 heteroatoms. The highest BCUT2D eigenvalue weighted by Crippen LogP contribution is 2.42. The Kier molecular flexibility index (Phi) is 7.29. The van der Waals surface area contributed by atoms with Crippen LogP contribution in [0, 0.1) is 13.8 Å². The van der Waals surface area contributed by atoms with Crippen LogP contribution in [0.4, 0.5) is 17.1 Å². The van der Waals surface area contributed by atoms with E-state index in [-0.39, 0.29) is 0 Å². The zero-order valence-corrected chi connectivity index (χ0v) is 28.1. The predicted octanol–water partition coefficient (Wildman–Crippen LogP) is 13.8. The number of para-hydroxylation sites is 1. The summed E-state index contributed by atoms with van der Waals surface area (Å²) in [6.07, 6.45) is 0. The average Bonchev–Trinajstić information content (AvgIpc) is 3.54. The molecule has 9 rings (SSSR count). The topological polar surface area (TPSA) is 16.4 Å². The molecule has 0 N–H and O–H groups in total. The molecule has 0 bridgehead atoms. The highest BCUT2D eigenvalue weighted by molar-refractivity contribution is 6.07. The molecule has 0 spiro atoms. The monoisotopic (exact) mass is 641 g/mol. The minimum Gasteiger partial charge on any atom is -0.456 e. The summed E-state index contributed by atoms with van der Waals surface area (Å²) in [4.78, 5) is 2.36. The van der Waals surface area contributed by atoms with Crippen molar-refractivity contribution in [1.29, 1.82) is 0 Å². The van der Waals surface area contributed by atoms with E-state index in [4.69, 9.17) is 4.42 Å². The lowest BCUT2D eigenvalue weighted by atomic mass is 9.92. The summed E-state index contributed by atoms with van der Waals surface area (Å²) < 4.78 is 6.19. The second-order valence-corrected chi connectivity index (χ2v) is 13.1. The van der Waals surface area contributed by atoms with Crippen molar-refractivity contribution in [2.45, 2.75) is 13.8 Å². The molecule has 9 aromatic rings. The Bertz CT molecular complexity index is 2660. The number of furan rings is 1. The van der Waals surface area contributed by atoms with E-state index in [1.807, 2.05) is 12.1 Å². The van der Waals surface area contributed by atoms with Crippen LogP contribution in [0.1, 0.15) is 11.1 Å². The van der Waals surface area contributed by atoms with E-state index in [2.05, 4.69) is 183 Å². The molecule has 8 aromatic carbocycles. The highest BCUT2D eigenvalue weighted by Gasteiger charge is 2.18. The number of fused-ring (bicyclic) bond motifs is 4. The summed E-state index contributed by atoms with van der Waals surface area (Å²) in [5.74, 6) is 0. The Labute approximate surface area is 292 Å². The lowest BCUT2D eigenvalue weighted by molar-refractivity contribution is 0.669. The molecule has 0 aliphatic heterocycles. The summed E-state index contributed by atoms with van der Waals surface area (Å²) in [7, 11) is 0. The molecule has 0 fully saturated rings. The molecule has 0 saturated carbocycles. The van der Waals surface area contributed by atoms with Crippen LogP contribution < -0.4 is 4.90 Å². The standard InChI is InChI=1S/C48H35NO/c1-32-10-3-5-13-41(32)44-30-38(19-18-33(44)2)36-22-20-34(21-23-36)35-24-26-39(27-25-35)49(46-16-9-12-37-11-4-6-14-42(37)46)40-28-29-48-45(31-40)43-15-7-8-17-47(43)50-48/h3-31H,1-2H3. The fraction of sp³-hybridized carbons (Fsp3) is 0.0417. The molecule has 0 saturated heterocycles. The first-order valence-corrected chi connectivity index (χ1v) is 17.2. The first-order valence-electron chi connectivity index (χ1n) is 17.2. The molecule has 0 aliphatic carbocycles. The third-order valence-electron chi connectivity index (χ3n) is 9.98. The Morgan fingerprint density at radius 3 is 1.76 bits per heavy atom. The third-order valence-corrected chi connectivity index (χ3v) is 9.98. The molecule has 1 aromatic heterocycles. The molecule has 0 unspecified atom stereocenters. The van der Waals surface area contributed by atoms with Crippen molar-refractivity contribution in [2.24, 2.45) is 0 Å². The van der Waals surface area contributed by atoms with Gasteiger partial charge in [0.25, 0.3) is 0 Å². The van der Waals surface area contributed by atoms with Gasteiger partial charge in [-0.2, -0.15) is 0 Å². The van der Waals surface area contributed by atoms with Crippen LogP contribution >= 0.6 is 0 Å². The van der Waals surface area contributed by atoms with Gasteiger partial charge in [-0.15, -0.1) is 0 Å². The van der Waals surface area contributed by atoms with Crippen LogP contribution in [-0.2, 0) is 0 Å². The maximum absolute atomic E-state index is 6.19. The van der Waals surface area contributed by atoms with Crippen LogP contribution in [0.3, 0.4) is 0 Å². The van der Waals surface area contributed by atoms with Gasteiger partial charge in [0.2, 0.25) is 0 Å². The van der Waals surface area contributed by atoms with Crippen molar-refractivity contribution in [3.63, 3.8) is 0 Å². The second kappa shape index (κ2) is 12.3. The van der Waals surface area contributed by atoms with Crippen LogP contribution in [0.2, 0.25) is 0 Å². The predicted molar refractivity (Wildman–Crippen MR) is 212 cm³/mol. The summed E-state index contributed by atoms with van der Waals surface area (Å²) in [6, 6.07) is 63.2. The largest absolute Gasteiger partial charge is 0.456 e. The summed E-state index contributed by atoms with van der Waals surface area (Å²) in [6.45, 7) is 4.38. The van der Waals surface area contributed by atoms with Gasteiger partial charge >= 0.3 is 0 Å². The average molecular weight is 642 g/mol. The smallest absolute Gasteiger partial charge is 0.135 e. The molecule has 2 nitrogen and oxygen atoms in total. The van der Waals surface area contributed by atoms with E-state index in [1.54, 1.807) is 0 Å². The molecular weight excluding hydrogens is 607 g/mol. The summed E-state index contributed by atoms with van der Waals surface area (Å²) in [5.41, 5.74) is 15.1. The number of rotatable bonds is 6. The maximum atomic E-state index is 6.19. The normalized spacial score (nSPS) is 11.4. The lowest BCUT2D eigenvalue weighted by Gasteiger charge is -2.27. The van der Waals surface area contributed by atoms with Gasteiger partial charge in [0.15, 0.2) is 0 Å². The molecule has 0 radical (unpaired) electrons. The van der Waals surface area contributed by atoms with Crippen LogP contribution in [0.15, 0.2) is 180 Å². The van der Waals surface area contributed by atoms with Gasteiger partial charge < -0.3 is 9.32 Å². The molecule has 0 aliphatic rings. The van der Waals surface area contributed by atoms with E-state index in [0.29, 0.717) is 0 Å². The van der Waals surface area contributed by atoms with Crippen LogP contribution in [0.5, 0.6) is 0 Å². The van der Waals surface area contributed by atoms with Gasteiger partial charge in [0.05, 0.1) is 5.69 Å². The Hall–Kier alpha value is -6.38. The van der Waals surface area contributed by atoms with Gasteiger partial charge in [-0.25, -0.2) is 0 Å². The number of benzene rings is 8. The van der Waals surface area contributed by atoms with Gasteiger partial charge in [-0.3, -0.25) is 0 Å². The van der Waals surface area contributed by atoms with Gasteiger partial charge in [-0.05, 0) is 112 Å². The van der Waals surface area contributed by atoms with E-state index < -0.39 is 0 Å². The van der Waals surface area contributed by atoms with E-state index >= 15 is 0 Å². The Balaban J connectivity index is 1.09. The SMILES string of the molecule is Cc1ccccc1-c1cc(-c2ccc(-c3ccc(N(c4ccc5oc6ccccc6c5c4)c4cccc5ccccc45)cc3)cc2)ccc1C. The van der Waals surface area contributed by atoms with Crippen molar-refractivity contribution in [3.05, 3.63) is 187 Å². The molecule has 0 amide bonds. The van der Waals surface area contributed by atoms with Crippen molar-refractivity contribution in [3.8, 4) is 33.4 Å². The second-order valence-electron chi connectivity index (χ2n) is 13.1. The zero-order chi connectivity index (χ0) is 33.6. The van der Waals surface area contributed by atoms with Crippen molar-refractivity contribution in [2.75, 3.05) is 4.90 Å². The Morgan fingerprint density at radius 1 is 0.380 bits per heavy atom. The lowest BCUT2D eigenvalue weighted by Crippen LogP contribution is -2.10. The van der Waals surface area contributed by atoms with Gasteiger partial charge in [0.1, 0.15) is 11.2 Å². The van der Waals surface area contributed by atoms with E-state index in [1.165, 1.54) is 55.3 Å². The molecular formula is C48H35NO. The summed E-state index contributed by atoms with van der Waals surface area (Å²) in [5, 5.41) is 4.65. The molecule has 1 heterocycles. The van der Waals surface area contributed by atoms with Crippen molar-refractivity contribution in [1.82, 2.24) is 0 Å². The third kappa shape index (κ3) is 5.23. The number of hydrogen-bond donors (Lipinski definition) is 0. The van der Waals surface area contributed by atoms with E-state index in [9.17, 15) is 0 Å².